The van der Waals surface area contributed by atoms with Crippen molar-refractivity contribution in [2.75, 3.05) is 45.2 Å². The van der Waals surface area contributed by atoms with Crippen molar-refractivity contribution >= 4 is 11.6 Å². The van der Waals surface area contributed by atoms with Crippen LogP contribution in [0.4, 0.5) is 14.5 Å². The first-order valence-corrected chi connectivity index (χ1v) is 10.5. The predicted octanol–water partition coefficient (Wildman–Crippen LogP) is 3.32. The lowest BCUT2D eigenvalue weighted by molar-refractivity contribution is -0.0495. The minimum atomic E-state index is -2.84. The molecule has 2 atom stereocenters. The smallest absolute Gasteiger partial charge is 0.387 e. The first kappa shape index (κ1) is 22.9. The van der Waals surface area contributed by atoms with Gasteiger partial charge in [-0.1, -0.05) is 12.1 Å². The minimum Gasteiger partial charge on any atom is -0.468 e. The van der Waals surface area contributed by atoms with Gasteiger partial charge in [0, 0.05) is 25.7 Å². The van der Waals surface area contributed by atoms with Crippen molar-refractivity contribution in [2.45, 2.75) is 32.0 Å². The van der Waals surface area contributed by atoms with E-state index in [4.69, 9.17) is 14.1 Å². The number of guanidine groups is 1. The third kappa shape index (κ3) is 6.33. The highest BCUT2D eigenvalue weighted by Crippen LogP contribution is 2.31. The zero-order chi connectivity index (χ0) is 22.2. The molecular weight excluding hydrogens is 404 g/mol. The number of furan rings is 1. The maximum Gasteiger partial charge on any atom is 0.387 e. The Kier molecular flexibility index (Phi) is 8.11. The Bertz CT molecular complexity index is 829. The number of aliphatic imine (C=N–C) groups is 1. The number of benzene rings is 1. The van der Waals surface area contributed by atoms with Crippen LogP contribution in [0.3, 0.4) is 0 Å². The highest BCUT2D eigenvalue weighted by Gasteiger charge is 2.26. The van der Waals surface area contributed by atoms with Gasteiger partial charge >= 0.3 is 6.61 Å². The molecule has 0 radical (unpaired) electrons. The third-order valence-electron chi connectivity index (χ3n) is 5.21. The zero-order valence-corrected chi connectivity index (χ0v) is 18.2. The molecular formula is C22H31F2N5O2. The molecule has 1 aliphatic rings. The van der Waals surface area contributed by atoms with Gasteiger partial charge in [0.25, 0.3) is 0 Å². The fourth-order valence-corrected chi connectivity index (χ4v) is 3.69. The molecule has 2 heterocycles. The number of anilines is 1. The second kappa shape index (κ2) is 11.0. The van der Waals surface area contributed by atoms with Crippen LogP contribution >= 0.6 is 0 Å². The van der Waals surface area contributed by atoms with E-state index in [-0.39, 0.29) is 17.8 Å². The summed E-state index contributed by atoms with van der Waals surface area (Å²) in [4.78, 5) is 8.89. The van der Waals surface area contributed by atoms with Crippen molar-refractivity contribution in [3.8, 4) is 5.75 Å². The van der Waals surface area contributed by atoms with Gasteiger partial charge in [-0.15, -0.1) is 0 Å². The van der Waals surface area contributed by atoms with E-state index in [1.807, 2.05) is 45.3 Å². The number of hydrogen-bond donors (Lipinski definition) is 2. The molecule has 1 fully saturated rings. The van der Waals surface area contributed by atoms with E-state index in [1.165, 1.54) is 0 Å². The third-order valence-corrected chi connectivity index (χ3v) is 5.21. The maximum absolute atomic E-state index is 12.7. The van der Waals surface area contributed by atoms with E-state index in [0.717, 1.165) is 31.2 Å². The quantitative estimate of drug-likeness (QED) is 0.465. The van der Waals surface area contributed by atoms with E-state index in [1.54, 1.807) is 18.4 Å². The summed E-state index contributed by atoms with van der Waals surface area (Å²) in [7, 11) is 3.99. The number of para-hydroxylation sites is 2. The molecule has 3 rings (SSSR count). The van der Waals surface area contributed by atoms with Crippen LogP contribution in [0.5, 0.6) is 5.75 Å². The van der Waals surface area contributed by atoms with Crippen molar-refractivity contribution in [2.24, 2.45) is 4.99 Å². The number of ether oxygens (including phenoxy) is 1. The molecule has 1 aliphatic heterocycles. The van der Waals surface area contributed by atoms with Gasteiger partial charge in [0.15, 0.2) is 5.96 Å². The fourth-order valence-electron chi connectivity index (χ4n) is 3.69. The van der Waals surface area contributed by atoms with Gasteiger partial charge in [-0.3, -0.25) is 9.89 Å². The lowest BCUT2D eigenvalue weighted by Gasteiger charge is -2.23. The predicted molar refractivity (Wildman–Crippen MR) is 118 cm³/mol. The number of halogens is 2. The van der Waals surface area contributed by atoms with Crippen LogP contribution in [0.25, 0.3) is 0 Å². The zero-order valence-electron chi connectivity index (χ0n) is 18.2. The van der Waals surface area contributed by atoms with Gasteiger partial charge in [0.2, 0.25) is 0 Å². The second-order valence-corrected chi connectivity index (χ2v) is 7.64. The summed E-state index contributed by atoms with van der Waals surface area (Å²) >= 11 is 0. The van der Waals surface area contributed by atoms with Gasteiger partial charge < -0.3 is 24.7 Å². The first-order chi connectivity index (χ1) is 15.0. The Hall–Kier alpha value is -2.81. The Morgan fingerprint density at radius 2 is 2.10 bits per heavy atom. The fraction of sp³-hybridized carbons (Fsp3) is 0.500. The molecule has 2 aromatic rings. The number of hydrogen-bond acceptors (Lipinski definition) is 5. The van der Waals surface area contributed by atoms with Crippen molar-refractivity contribution in [1.29, 1.82) is 0 Å². The molecule has 0 spiro atoms. The summed E-state index contributed by atoms with van der Waals surface area (Å²) in [6.45, 7) is 1.87. The number of nitrogens with one attached hydrogen (secondary N) is 2. The van der Waals surface area contributed by atoms with Crippen molar-refractivity contribution in [3.63, 3.8) is 0 Å². The average molecular weight is 436 g/mol. The van der Waals surface area contributed by atoms with Crippen LogP contribution in [0.1, 0.15) is 25.1 Å². The van der Waals surface area contributed by atoms with Crippen LogP contribution in [0.2, 0.25) is 0 Å². The molecule has 170 valence electrons. The van der Waals surface area contributed by atoms with Crippen molar-refractivity contribution in [3.05, 3.63) is 48.4 Å². The Labute approximate surface area is 182 Å². The second-order valence-electron chi connectivity index (χ2n) is 7.64. The largest absolute Gasteiger partial charge is 0.468 e. The molecule has 1 saturated heterocycles. The van der Waals surface area contributed by atoms with Crippen molar-refractivity contribution in [1.82, 2.24) is 15.5 Å². The number of rotatable bonds is 9. The summed E-state index contributed by atoms with van der Waals surface area (Å²) in [5.41, 5.74) is 0.680. The summed E-state index contributed by atoms with van der Waals surface area (Å²) in [6.07, 6.45) is 2.53. The Morgan fingerprint density at radius 1 is 1.29 bits per heavy atom. The summed E-state index contributed by atoms with van der Waals surface area (Å²) in [5.74, 6) is 1.79. The molecule has 0 saturated carbocycles. The van der Waals surface area contributed by atoms with Gasteiger partial charge in [-0.05, 0) is 51.7 Å². The van der Waals surface area contributed by atoms with Crippen molar-refractivity contribution < 1.29 is 17.9 Å². The molecule has 2 unspecified atom stereocenters. The van der Waals surface area contributed by atoms with Crippen LogP contribution in [-0.2, 0) is 0 Å². The minimum absolute atomic E-state index is 0.0314. The van der Waals surface area contributed by atoms with Crippen LogP contribution < -0.4 is 20.3 Å². The highest BCUT2D eigenvalue weighted by atomic mass is 19.3. The van der Waals surface area contributed by atoms with Crippen LogP contribution in [0, 0.1) is 0 Å². The van der Waals surface area contributed by atoms with Gasteiger partial charge in [0.1, 0.15) is 11.5 Å². The molecule has 9 heteroatoms. The molecule has 31 heavy (non-hydrogen) atoms. The standard InChI is InChI=1S/C22H31F2N5O2/c1-4-25-22(26-14-18(28(2)3)19-10-7-13-30-19)27-16-11-12-29(15-16)17-8-5-6-9-20(17)31-21(23)24/h5-10,13,16,18,21H,4,11-12,14-15H2,1-3H3,(H2,25,26,27). The number of alkyl halides is 2. The number of nitrogens with zero attached hydrogens (tertiary/aromatic N) is 3. The highest BCUT2D eigenvalue weighted by molar-refractivity contribution is 5.80. The molecule has 1 aromatic heterocycles. The van der Waals surface area contributed by atoms with E-state index in [9.17, 15) is 8.78 Å². The number of likely N-dealkylation sites (N-methyl/N-ethyl adjacent to an activating group) is 1. The van der Waals surface area contributed by atoms with Crippen LogP contribution in [-0.4, -0.2) is 63.8 Å². The monoisotopic (exact) mass is 435 g/mol. The van der Waals surface area contributed by atoms with E-state index in [0.29, 0.717) is 18.8 Å². The Morgan fingerprint density at radius 3 is 2.77 bits per heavy atom. The SMILES string of the molecule is CCNC(=NCC(c1ccco1)N(C)C)NC1CCN(c2ccccc2OC(F)F)C1. The van der Waals surface area contributed by atoms with Gasteiger partial charge in [0.05, 0.1) is 24.5 Å². The molecule has 0 bridgehead atoms. The Balaban J connectivity index is 1.64. The molecule has 1 aromatic carbocycles. The lowest BCUT2D eigenvalue weighted by Crippen LogP contribution is -2.45. The molecule has 2 N–H and O–H groups in total. The van der Waals surface area contributed by atoms with Gasteiger partial charge in [-0.25, -0.2) is 0 Å². The summed E-state index contributed by atoms with van der Waals surface area (Å²) in [5, 5.41) is 6.76. The summed E-state index contributed by atoms with van der Waals surface area (Å²) < 4.78 is 35.7. The average Bonchev–Trinajstić information content (AvgIpc) is 3.40. The first-order valence-electron chi connectivity index (χ1n) is 10.5. The molecule has 7 nitrogen and oxygen atoms in total. The van der Waals surface area contributed by atoms with E-state index >= 15 is 0 Å². The summed E-state index contributed by atoms with van der Waals surface area (Å²) in [6, 6.07) is 10.9. The topological polar surface area (TPSA) is 65.3 Å². The molecule has 0 amide bonds. The lowest BCUT2D eigenvalue weighted by atomic mass is 10.2. The van der Waals surface area contributed by atoms with E-state index < -0.39 is 6.61 Å². The normalized spacial score (nSPS) is 18.0. The maximum atomic E-state index is 12.7. The van der Waals surface area contributed by atoms with Crippen LogP contribution in [0.15, 0.2) is 52.1 Å². The van der Waals surface area contributed by atoms with Gasteiger partial charge in [-0.2, -0.15) is 8.78 Å². The van der Waals surface area contributed by atoms with E-state index in [2.05, 4.69) is 20.4 Å². The molecule has 0 aliphatic carbocycles.